The van der Waals surface area contributed by atoms with Gasteiger partial charge in [-0.05, 0) is 18.6 Å². The normalized spacial score (nSPS) is 14.2. The lowest BCUT2D eigenvalue weighted by molar-refractivity contribution is -0.129. The first-order valence-electron chi connectivity index (χ1n) is 7.01. The summed E-state index contributed by atoms with van der Waals surface area (Å²) in [7, 11) is 0. The van der Waals surface area contributed by atoms with Gasteiger partial charge in [0.1, 0.15) is 6.04 Å². The number of anilines is 1. The van der Waals surface area contributed by atoms with Crippen LogP contribution in [-0.4, -0.2) is 35.6 Å². The summed E-state index contributed by atoms with van der Waals surface area (Å²) in [6, 6.07) is 4.32. The van der Waals surface area contributed by atoms with Crippen molar-refractivity contribution in [2.75, 3.05) is 5.32 Å². The molecule has 1 aromatic rings. The molecular formula is C15H17N3O4. The van der Waals surface area contributed by atoms with Crippen molar-refractivity contribution in [2.45, 2.75) is 32.4 Å². The van der Waals surface area contributed by atoms with E-state index in [4.69, 9.17) is 0 Å². The summed E-state index contributed by atoms with van der Waals surface area (Å²) in [4.78, 5) is 47.1. The van der Waals surface area contributed by atoms with Crippen molar-refractivity contribution in [2.24, 2.45) is 0 Å². The van der Waals surface area contributed by atoms with Crippen LogP contribution in [0, 0.1) is 0 Å². The SMILES string of the molecule is CCCC(C(=O)NC=O)N1Cc2c(NC=O)cccc2C1=O. The van der Waals surface area contributed by atoms with Crippen molar-refractivity contribution in [3.05, 3.63) is 29.3 Å². The van der Waals surface area contributed by atoms with Gasteiger partial charge in [-0.15, -0.1) is 0 Å². The Balaban J connectivity index is 2.32. The zero-order valence-electron chi connectivity index (χ0n) is 12.2. The third kappa shape index (κ3) is 2.83. The molecule has 0 aliphatic carbocycles. The number of rotatable bonds is 7. The Morgan fingerprint density at radius 1 is 1.36 bits per heavy atom. The van der Waals surface area contributed by atoms with Gasteiger partial charge in [0.25, 0.3) is 5.91 Å². The highest BCUT2D eigenvalue weighted by atomic mass is 16.2. The molecule has 4 amide bonds. The van der Waals surface area contributed by atoms with Crippen molar-refractivity contribution in [3.63, 3.8) is 0 Å². The summed E-state index contributed by atoms with van der Waals surface area (Å²) in [6.45, 7) is 2.12. The van der Waals surface area contributed by atoms with Crippen molar-refractivity contribution in [1.82, 2.24) is 10.2 Å². The number of benzene rings is 1. The minimum absolute atomic E-state index is 0.224. The second-order valence-electron chi connectivity index (χ2n) is 4.96. The molecule has 1 aliphatic heterocycles. The fourth-order valence-electron chi connectivity index (χ4n) is 2.66. The highest BCUT2D eigenvalue weighted by molar-refractivity contribution is 6.03. The fraction of sp³-hybridized carbons (Fsp3) is 0.333. The average molecular weight is 303 g/mol. The highest BCUT2D eigenvalue weighted by Crippen LogP contribution is 2.31. The molecule has 2 rings (SSSR count). The molecule has 0 fully saturated rings. The topological polar surface area (TPSA) is 95.6 Å². The minimum atomic E-state index is -0.709. The molecule has 1 atom stereocenters. The van der Waals surface area contributed by atoms with E-state index in [1.165, 1.54) is 4.90 Å². The van der Waals surface area contributed by atoms with E-state index in [0.29, 0.717) is 42.5 Å². The predicted octanol–water partition coefficient (Wildman–Crippen LogP) is 0.652. The van der Waals surface area contributed by atoms with Crippen LogP contribution in [0.2, 0.25) is 0 Å². The summed E-state index contributed by atoms with van der Waals surface area (Å²) in [5.74, 6) is -0.771. The number of nitrogens with one attached hydrogen (secondary N) is 2. The van der Waals surface area contributed by atoms with Crippen molar-refractivity contribution in [3.8, 4) is 0 Å². The number of hydrogen-bond donors (Lipinski definition) is 2. The minimum Gasteiger partial charge on any atom is -0.328 e. The van der Waals surface area contributed by atoms with Gasteiger partial charge < -0.3 is 10.2 Å². The van der Waals surface area contributed by atoms with Gasteiger partial charge in [-0.2, -0.15) is 0 Å². The van der Waals surface area contributed by atoms with E-state index in [1.54, 1.807) is 18.2 Å². The number of amides is 4. The lowest BCUT2D eigenvalue weighted by atomic mass is 10.1. The molecule has 0 bridgehead atoms. The maximum Gasteiger partial charge on any atom is 0.255 e. The number of carbonyl (C=O) groups excluding carboxylic acids is 4. The van der Waals surface area contributed by atoms with Gasteiger partial charge in [0.2, 0.25) is 18.7 Å². The molecule has 116 valence electrons. The lowest BCUT2D eigenvalue weighted by Gasteiger charge is -2.25. The van der Waals surface area contributed by atoms with Crippen LogP contribution in [0.15, 0.2) is 18.2 Å². The monoisotopic (exact) mass is 303 g/mol. The predicted molar refractivity (Wildman–Crippen MR) is 78.9 cm³/mol. The molecule has 1 aromatic carbocycles. The first kappa shape index (κ1) is 15.7. The van der Waals surface area contributed by atoms with Crippen LogP contribution in [0.4, 0.5) is 5.69 Å². The molecular weight excluding hydrogens is 286 g/mol. The van der Waals surface area contributed by atoms with Crippen LogP contribution >= 0.6 is 0 Å². The smallest absolute Gasteiger partial charge is 0.255 e. The number of hydrogen-bond acceptors (Lipinski definition) is 4. The maximum absolute atomic E-state index is 12.5. The van der Waals surface area contributed by atoms with E-state index in [9.17, 15) is 19.2 Å². The van der Waals surface area contributed by atoms with E-state index in [2.05, 4.69) is 10.6 Å². The standard InChI is InChI=1S/C15H17N3O4/c1-2-4-13(14(21)17-9-20)18-7-11-10(15(18)22)5-3-6-12(11)16-8-19/h3,5-6,8-9,13H,2,4,7H2,1H3,(H,16,19)(H,17,20,21). The summed E-state index contributed by atoms with van der Waals surface area (Å²) >= 11 is 0. The third-order valence-corrected chi connectivity index (χ3v) is 3.65. The van der Waals surface area contributed by atoms with Gasteiger partial charge in [0.15, 0.2) is 0 Å². The van der Waals surface area contributed by atoms with Crippen molar-refractivity contribution < 1.29 is 19.2 Å². The first-order chi connectivity index (χ1) is 10.6. The summed E-state index contributed by atoms with van der Waals surface area (Å²) in [5, 5.41) is 4.67. The van der Waals surface area contributed by atoms with Crippen LogP contribution in [0.1, 0.15) is 35.7 Å². The second-order valence-corrected chi connectivity index (χ2v) is 4.96. The maximum atomic E-state index is 12.5. The van der Waals surface area contributed by atoms with Gasteiger partial charge >= 0.3 is 0 Å². The fourth-order valence-corrected chi connectivity index (χ4v) is 2.66. The summed E-state index contributed by atoms with van der Waals surface area (Å²) in [5.41, 5.74) is 1.70. The Bertz CT molecular complexity index is 615. The molecule has 1 unspecified atom stereocenters. The van der Waals surface area contributed by atoms with Crippen molar-refractivity contribution >= 4 is 30.3 Å². The lowest BCUT2D eigenvalue weighted by Crippen LogP contribution is -2.46. The van der Waals surface area contributed by atoms with Crippen LogP contribution in [0.3, 0.4) is 0 Å². The van der Waals surface area contributed by atoms with E-state index < -0.39 is 11.9 Å². The van der Waals surface area contributed by atoms with Gasteiger partial charge in [-0.3, -0.25) is 24.5 Å². The van der Waals surface area contributed by atoms with Crippen LogP contribution in [0.25, 0.3) is 0 Å². The molecule has 0 aromatic heterocycles. The van der Waals surface area contributed by atoms with Gasteiger partial charge in [-0.25, -0.2) is 0 Å². The zero-order valence-corrected chi connectivity index (χ0v) is 12.2. The Labute approximate surface area is 127 Å². The van der Waals surface area contributed by atoms with E-state index in [0.717, 1.165) is 0 Å². The molecule has 0 saturated heterocycles. The molecule has 7 nitrogen and oxygen atoms in total. The van der Waals surface area contributed by atoms with Crippen LogP contribution < -0.4 is 10.6 Å². The van der Waals surface area contributed by atoms with E-state index in [1.807, 2.05) is 6.92 Å². The van der Waals surface area contributed by atoms with Gasteiger partial charge in [-0.1, -0.05) is 19.4 Å². The molecule has 0 radical (unpaired) electrons. The summed E-state index contributed by atoms with van der Waals surface area (Å²) in [6.07, 6.45) is 2.01. The molecule has 1 aliphatic rings. The Kier molecular flexibility index (Phi) is 4.88. The molecule has 1 heterocycles. The number of imide groups is 1. The summed E-state index contributed by atoms with van der Waals surface area (Å²) < 4.78 is 0. The van der Waals surface area contributed by atoms with Crippen LogP contribution in [0.5, 0.6) is 0 Å². The Morgan fingerprint density at radius 2 is 2.14 bits per heavy atom. The molecule has 0 spiro atoms. The molecule has 0 saturated carbocycles. The van der Waals surface area contributed by atoms with Crippen LogP contribution in [-0.2, 0) is 20.9 Å². The number of nitrogens with zero attached hydrogens (tertiary/aromatic N) is 1. The Hall–Kier alpha value is -2.70. The van der Waals surface area contributed by atoms with Gasteiger partial charge in [0.05, 0.1) is 0 Å². The highest BCUT2D eigenvalue weighted by Gasteiger charge is 2.36. The number of fused-ring (bicyclic) bond motifs is 1. The van der Waals surface area contributed by atoms with Gasteiger partial charge in [0, 0.05) is 23.4 Å². The molecule has 22 heavy (non-hydrogen) atoms. The average Bonchev–Trinajstić information content (AvgIpc) is 2.84. The first-order valence-corrected chi connectivity index (χ1v) is 7.01. The third-order valence-electron chi connectivity index (χ3n) is 3.65. The van der Waals surface area contributed by atoms with E-state index >= 15 is 0 Å². The second kappa shape index (κ2) is 6.84. The Morgan fingerprint density at radius 3 is 2.77 bits per heavy atom. The number of carbonyl (C=O) groups is 4. The van der Waals surface area contributed by atoms with E-state index in [-0.39, 0.29) is 12.5 Å². The molecule has 7 heteroatoms. The van der Waals surface area contributed by atoms with Crippen molar-refractivity contribution in [1.29, 1.82) is 0 Å². The largest absolute Gasteiger partial charge is 0.328 e. The quantitative estimate of drug-likeness (QED) is 0.723. The molecule has 2 N–H and O–H groups in total. The zero-order chi connectivity index (χ0) is 16.1.